The molecule has 0 radical (unpaired) electrons. The van der Waals surface area contributed by atoms with Crippen molar-refractivity contribution in [1.82, 2.24) is 10.4 Å². The lowest BCUT2D eigenvalue weighted by Crippen LogP contribution is -2.21. The number of rotatable bonds is 6. The summed E-state index contributed by atoms with van der Waals surface area (Å²) in [4.78, 5) is 15.9. The van der Waals surface area contributed by atoms with Gasteiger partial charge in [0.2, 0.25) is 0 Å². The topological polar surface area (TPSA) is 54.4 Å². The average Bonchev–Trinajstić information content (AvgIpc) is 2.56. The first-order chi connectivity index (χ1) is 10.7. The second kappa shape index (κ2) is 8.02. The van der Waals surface area contributed by atoms with E-state index in [0.717, 1.165) is 24.1 Å². The maximum Gasteiger partial charge on any atom is 0.289 e. The molecule has 0 atom stereocenters. The fourth-order valence-corrected chi connectivity index (χ4v) is 1.92. The van der Waals surface area contributed by atoms with Crippen LogP contribution in [0.5, 0.6) is 0 Å². The van der Waals surface area contributed by atoms with Crippen molar-refractivity contribution in [3.05, 3.63) is 65.7 Å². The zero-order chi connectivity index (χ0) is 15.8. The first-order valence-corrected chi connectivity index (χ1v) is 7.24. The van der Waals surface area contributed by atoms with Gasteiger partial charge in [-0.15, -0.1) is 0 Å². The van der Waals surface area contributed by atoms with Crippen LogP contribution in [-0.4, -0.2) is 16.6 Å². The average molecular weight is 299 g/mol. The van der Waals surface area contributed by atoms with Crippen molar-refractivity contribution >= 4 is 11.6 Å². The van der Waals surface area contributed by atoms with Crippen molar-refractivity contribution in [3.8, 4) is 0 Å². The van der Waals surface area contributed by atoms with Gasteiger partial charge >= 0.3 is 0 Å². The summed E-state index contributed by atoms with van der Waals surface area (Å²) in [5.41, 5.74) is 4.35. The van der Waals surface area contributed by atoms with E-state index < -0.39 is 0 Å². The summed E-state index contributed by atoms with van der Waals surface area (Å²) in [6.07, 6.45) is 4.21. The van der Waals surface area contributed by atoms with Gasteiger partial charge in [0.1, 0.15) is 11.5 Å². The molecule has 0 unspecified atom stereocenters. The third-order valence-electron chi connectivity index (χ3n) is 3.13. The number of nitrogens with one attached hydrogen (secondary N) is 1. The van der Waals surface area contributed by atoms with Crippen molar-refractivity contribution in [2.75, 3.05) is 0 Å². The molecule has 114 valence electrons. The van der Waals surface area contributed by atoms with Gasteiger partial charge < -0.3 is 0 Å². The number of hydrazone groups is 1. The summed E-state index contributed by atoms with van der Waals surface area (Å²) in [5, 5.41) is 4.19. The molecule has 0 fully saturated rings. The summed E-state index contributed by atoms with van der Waals surface area (Å²) < 4.78 is 13.0. The Hall–Kier alpha value is -2.56. The van der Waals surface area contributed by atoms with E-state index in [-0.39, 0.29) is 11.7 Å². The van der Waals surface area contributed by atoms with Crippen molar-refractivity contribution in [2.45, 2.75) is 26.2 Å². The van der Waals surface area contributed by atoms with Crippen molar-refractivity contribution in [1.29, 1.82) is 0 Å². The number of halogens is 1. The molecule has 2 rings (SSSR count). The first-order valence-electron chi connectivity index (χ1n) is 7.24. The molecule has 0 bridgehead atoms. The Kier molecular flexibility index (Phi) is 5.77. The van der Waals surface area contributed by atoms with Gasteiger partial charge in [0, 0.05) is 6.20 Å². The molecule has 5 heteroatoms. The minimum absolute atomic E-state index is 0.295. The number of hydrogen-bond donors (Lipinski definition) is 1. The van der Waals surface area contributed by atoms with Crippen LogP contribution in [0, 0.1) is 5.82 Å². The smallest absolute Gasteiger partial charge is 0.266 e. The van der Waals surface area contributed by atoms with Gasteiger partial charge in [-0.05, 0) is 42.7 Å². The summed E-state index contributed by atoms with van der Waals surface area (Å²) in [6, 6.07) is 11.2. The van der Waals surface area contributed by atoms with Crippen LogP contribution >= 0.6 is 0 Å². The van der Waals surface area contributed by atoms with E-state index in [1.165, 1.54) is 12.1 Å². The molecule has 0 saturated carbocycles. The largest absolute Gasteiger partial charge is 0.289 e. The van der Waals surface area contributed by atoms with E-state index in [1.54, 1.807) is 36.5 Å². The van der Waals surface area contributed by atoms with E-state index in [0.29, 0.717) is 12.1 Å². The minimum Gasteiger partial charge on any atom is -0.266 e. The molecule has 22 heavy (non-hydrogen) atoms. The van der Waals surface area contributed by atoms with E-state index in [1.807, 2.05) is 0 Å². The highest BCUT2D eigenvalue weighted by Gasteiger charge is 2.08. The monoisotopic (exact) mass is 299 g/mol. The van der Waals surface area contributed by atoms with Gasteiger partial charge in [-0.3, -0.25) is 9.78 Å². The molecular weight excluding hydrogens is 281 g/mol. The zero-order valence-electron chi connectivity index (χ0n) is 12.4. The molecule has 1 aromatic heterocycles. The second-order valence-corrected chi connectivity index (χ2v) is 4.82. The molecule has 0 saturated heterocycles. The van der Waals surface area contributed by atoms with Crippen molar-refractivity contribution in [2.24, 2.45) is 5.10 Å². The molecule has 1 aromatic carbocycles. The molecule has 2 aromatic rings. The van der Waals surface area contributed by atoms with Crippen LogP contribution in [0.4, 0.5) is 4.39 Å². The number of pyridine rings is 1. The van der Waals surface area contributed by atoms with Crippen LogP contribution < -0.4 is 5.43 Å². The molecule has 0 aliphatic heterocycles. The lowest BCUT2D eigenvalue weighted by molar-refractivity contribution is 0.0950. The maximum absolute atomic E-state index is 13.0. The number of carbonyl (C=O) groups is 1. The molecule has 1 N–H and O–H groups in total. The Morgan fingerprint density at radius 2 is 2.00 bits per heavy atom. The fourth-order valence-electron chi connectivity index (χ4n) is 1.92. The summed E-state index contributed by atoms with van der Waals surface area (Å²) in [7, 11) is 0. The van der Waals surface area contributed by atoms with E-state index >= 15 is 0 Å². The van der Waals surface area contributed by atoms with Gasteiger partial charge in [-0.25, -0.2) is 9.82 Å². The fraction of sp³-hybridized carbons (Fsp3) is 0.235. The number of benzene rings is 1. The highest BCUT2D eigenvalue weighted by Crippen LogP contribution is 2.09. The number of amides is 1. The highest BCUT2D eigenvalue weighted by molar-refractivity contribution is 6.02. The molecule has 0 aliphatic rings. The summed E-state index contributed by atoms with van der Waals surface area (Å²) in [5.74, 6) is -0.659. The molecule has 4 nitrogen and oxygen atoms in total. The first kappa shape index (κ1) is 15.8. The van der Waals surface area contributed by atoms with Crippen LogP contribution in [0.3, 0.4) is 0 Å². The van der Waals surface area contributed by atoms with Crippen molar-refractivity contribution < 1.29 is 9.18 Å². The van der Waals surface area contributed by atoms with Crippen LogP contribution in [0.15, 0.2) is 53.8 Å². The SMILES string of the molecule is CCCC/C(=N/NC(=O)c1ccccn1)c1ccc(F)cc1. The second-order valence-electron chi connectivity index (χ2n) is 4.82. The van der Waals surface area contributed by atoms with Gasteiger partial charge in [0.25, 0.3) is 5.91 Å². The lowest BCUT2D eigenvalue weighted by Gasteiger charge is -2.07. The van der Waals surface area contributed by atoms with Crippen LogP contribution in [-0.2, 0) is 0 Å². The van der Waals surface area contributed by atoms with Crippen LogP contribution in [0.1, 0.15) is 42.2 Å². The number of unbranched alkanes of at least 4 members (excludes halogenated alkanes) is 1. The third kappa shape index (κ3) is 4.48. The Balaban J connectivity index is 2.14. The maximum atomic E-state index is 13.0. The van der Waals surface area contributed by atoms with E-state index in [4.69, 9.17) is 0 Å². The normalized spacial score (nSPS) is 11.3. The number of hydrogen-bond acceptors (Lipinski definition) is 3. The van der Waals surface area contributed by atoms with Gasteiger partial charge in [-0.2, -0.15) is 5.10 Å². The molecular formula is C17H18FN3O. The standard InChI is InChI=1S/C17H18FN3O/c1-2-3-6-15(13-8-10-14(18)11-9-13)20-21-17(22)16-7-4-5-12-19-16/h4-5,7-12H,2-3,6H2,1H3,(H,21,22)/b20-15-. The number of carbonyl (C=O) groups excluding carboxylic acids is 1. The Morgan fingerprint density at radius 1 is 1.23 bits per heavy atom. The molecule has 1 heterocycles. The van der Waals surface area contributed by atoms with Crippen molar-refractivity contribution in [3.63, 3.8) is 0 Å². The lowest BCUT2D eigenvalue weighted by atomic mass is 10.1. The third-order valence-corrected chi connectivity index (χ3v) is 3.13. The molecule has 0 aliphatic carbocycles. The van der Waals surface area contributed by atoms with Gasteiger partial charge in [0.15, 0.2) is 0 Å². The quantitative estimate of drug-likeness (QED) is 0.655. The Labute approximate surface area is 129 Å². The van der Waals surface area contributed by atoms with Crippen LogP contribution in [0.25, 0.3) is 0 Å². The van der Waals surface area contributed by atoms with Crippen LogP contribution in [0.2, 0.25) is 0 Å². The minimum atomic E-state index is -0.364. The van der Waals surface area contributed by atoms with E-state index in [9.17, 15) is 9.18 Å². The van der Waals surface area contributed by atoms with Gasteiger partial charge in [-0.1, -0.05) is 31.5 Å². The molecule has 0 spiro atoms. The number of aromatic nitrogens is 1. The summed E-state index contributed by atoms with van der Waals surface area (Å²) in [6.45, 7) is 2.08. The van der Waals surface area contributed by atoms with Gasteiger partial charge in [0.05, 0.1) is 5.71 Å². The number of nitrogens with zero attached hydrogens (tertiary/aromatic N) is 2. The molecule has 1 amide bonds. The zero-order valence-corrected chi connectivity index (χ0v) is 12.4. The Morgan fingerprint density at radius 3 is 2.64 bits per heavy atom. The Bertz CT molecular complexity index is 639. The highest BCUT2D eigenvalue weighted by atomic mass is 19.1. The van der Waals surface area contributed by atoms with E-state index in [2.05, 4.69) is 22.4 Å². The summed E-state index contributed by atoms with van der Waals surface area (Å²) >= 11 is 0. The predicted octanol–water partition coefficient (Wildman–Crippen LogP) is 3.55. The predicted molar refractivity (Wildman–Crippen MR) is 84.2 cm³/mol.